The minimum absolute atomic E-state index is 0. The molecule has 1 rings (SSSR count). The normalized spacial score (nSPS) is 15.9. The van der Waals surface area contributed by atoms with E-state index in [0.29, 0.717) is 0 Å². The Morgan fingerprint density at radius 1 is 1.10 bits per heavy atom. The van der Waals surface area contributed by atoms with Crippen molar-refractivity contribution < 1.29 is 4.74 Å². The Balaban J connectivity index is 0. The second kappa shape index (κ2) is 13.6. The van der Waals surface area contributed by atoms with Gasteiger partial charge in [0.05, 0.1) is 0 Å². The zero-order chi connectivity index (χ0) is 14.7. The van der Waals surface area contributed by atoms with E-state index in [0.717, 1.165) is 19.1 Å². The fourth-order valence-corrected chi connectivity index (χ4v) is 2.10. The molecule has 0 saturated carbocycles. The van der Waals surface area contributed by atoms with Crippen LogP contribution in [0.3, 0.4) is 0 Å². The first-order valence-electron chi connectivity index (χ1n) is 7.90. The van der Waals surface area contributed by atoms with Gasteiger partial charge in [0, 0.05) is 13.2 Å². The third-order valence-corrected chi connectivity index (χ3v) is 4.10. The van der Waals surface area contributed by atoms with Crippen LogP contribution in [0, 0.1) is 5.92 Å². The number of hydrogen-bond donors (Lipinski definition) is 0. The van der Waals surface area contributed by atoms with Gasteiger partial charge in [-0.15, -0.1) is 0 Å². The predicted molar refractivity (Wildman–Crippen MR) is 92.4 cm³/mol. The van der Waals surface area contributed by atoms with Crippen LogP contribution in [0.4, 0.5) is 0 Å². The van der Waals surface area contributed by atoms with Gasteiger partial charge in [-0.3, -0.25) is 0 Å². The highest BCUT2D eigenvalue weighted by Gasteiger charge is 2.15. The molecule has 20 heavy (non-hydrogen) atoms. The summed E-state index contributed by atoms with van der Waals surface area (Å²) in [6, 6.07) is 0. The lowest BCUT2D eigenvalue weighted by Gasteiger charge is -2.28. The molecule has 0 spiro atoms. The van der Waals surface area contributed by atoms with E-state index < -0.39 is 0 Å². The molecule has 0 aromatic rings. The van der Waals surface area contributed by atoms with E-state index >= 15 is 0 Å². The molecule has 0 unspecified atom stereocenters. The summed E-state index contributed by atoms with van der Waals surface area (Å²) in [6.07, 6.45) is 5.19. The van der Waals surface area contributed by atoms with Gasteiger partial charge in [0.25, 0.3) is 0 Å². The highest BCUT2D eigenvalue weighted by atomic mass is 16.5. The number of ether oxygens (including phenoxy) is 1. The van der Waals surface area contributed by atoms with E-state index in [-0.39, 0.29) is 7.43 Å². The molecular formula is C18H39NO. The number of rotatable bonds is 5. The molecular weight excluding hydrogens is 246 g/mol. The largest absolute Gasteiger partial charge is 0.382 e. The fourth-order valence-electron chi connectivity index (χ4n) is 2.10. The van der Waals surface area contributed by atoms with Crippen molar-refractivity contribution >= 4 is 0 Å². The zero-order valence-corrected chi connectivity index (χ0v) is 14.1. The van der Waals surface area contributed by atoms with Gasteiger partial charge in [-0.05, 0) is 79.4 Å². The van der Waals surface area contributed by atoms with E-state index in [2.05, 4.69) is 46.6 Å². The van der Waals surface area contributed by atoms with E-state index in [1.165, 1.54) is 49.9 Å². The van der Waals surface area contributed by atoms with E-state index in [4.69, 9.17) is 4.74 Å². The molecule has 122 valence electrons. The quantitative estimate of drug-likeness (QED) is 0.512. The summed E-state index contributed by atoms with van der Waals surface area (Å²) in [6.45, 7) is 15.1. The maximum absolute atomic E-state index is 5.35. The number of nitrogens with zero attached hydrogens (tertiary/aromatic N) is 1. The molecule has 1 heterocycles. The van der Waals surface area contributed by atoms with Crippen molar-refractivity contribution in [2.24, 2.45) is 5.92 Å². The molecule has 1 aliphatic heterocycles. The highest BCUT2D eigenvalue weighted by Crippen LogP contribution is 2.19. The highest BCUT2D eigenvalue weighted by molar-refractivity contribution is 5.05. The average molecular weight is 286 g/mol. The molecule has 0 aromatic carbocycles. The van der Waals surface area contributed by atoms with Crippen molar-refractivity contribution in [3.8, 4) is 0 Å². The second-order valence-electron chi connectivity index (χ2n) is 5.87. The summed E-state index contributed by atoms with van der Waals surface area (Å²) in [5, 5.41) is 0. The Labute approximate surface area is 128 Å². The van der Waals surface area contributed by atoms with Gasteiger partial charge >= 0.3 is 0 Å². The van der Waals surface area contributed by atoms with Gasteiger partial charge in [-0.1, -0.05) is 25.5 Å². The predicted octanol–water partition coefficient (Wildman–Crippen LogP) is 5.14. The summed E-state index contributed by atoms with van der Waals surface area (Å²) in [7, 11) is 2.21. The van der Waals surface area contributed by atoms with Gasteiger partial charge < -0.3 is 9.64 Å². The van der Waals surface area contributed by atoms with Crippen molar-refractivity contribution in [1.29, 1.82) is 0 Å². The Kier molecular flexibility index (Phi) is 15.0. The smallest absolute Gasteiger partial charge is 0.0468 e. The van der Waals surface area contributed by atoms with Crippen LogP contribution in [0.5, 0.6) is 0 Å². The Morgan fingerprint density at radius 3 is 2.00 bits per heavy atom. The fraction of sp³-hybridized carbons (Fsp3) is 0.889. The number of likely N-dealkylation sites (tertiary alicyclic amines) is 1. The maximum Gasteiger partial charge on any atom is 0.0468 e. The molecule has 2 nitrogen and oxygen atoms in total. The van der Waals surface area contributed by atoms with Gasteiger partial charge in [0.2, 0.25) is 0 Å². The Bertz CT molecular complexity index is 236. The molecule has 0 aromatic heterocycles. The van der Waals surface area contributed by atoms with Crippen LogP contribution < -0.4 is 0 Å². The van der Waals surface area contributed by atoms with Crippen molar-refractivity contribution in [2.45, 2.75) is 67.7 Å². The number of hydrogen-bond acceptors (Lipinski definition) is 2. The molecule has 0 bridgehead atoms. The van der Waals surface area contributed by atoms with E-state index in [9.17, 15) is 0 Å². The monoisotopic (exact) mass is 285 g/mol. The third kappa shape index (κ3) is 11.5. The van der Waals surface area contributed by atoms with E-state index in [1.54, 1.807) is 0 Å². The first kappa shape index (κ1) is 21.9. The van der Waals surface area contributed by atoms with Crippen molar-refractivity contribution in [1.82, 2.24) is 4.90 Å². The summed E-state index contributed by atoms with van der Waals surface area (Å²) in [5.74, 6) is 0.924. The molecule has 1 aliphatic rings. The van der Waals surface area contributed by atoms with Crippen LogP contribution >= 0.6 is 0 Å². The number of allylic oxidation sites excluding steroid dienone is 2. The van der Waals surface area contributed by atoms with Crippen LogP contribution in [0.2, 0.25) is 0 Å². The summed E-state index contributed by atoms with van der Waals surface area (Å²) in [4.78, 5) is 2.41. The number of piperidine rings is 1. The van der Waals surface area contributed by atoms with Gasteiger partial charge in [0.1, 0.15) is 0 Å². The van der Waals surface area contributed by atoms with Gasteiger partial charge in [-0.2, -0.15) is 0 Å². The second-order valence-corrected chi connectivity index (χ2v) is 5.87. The molecule has 2 heteroatoms. The average Bonchev–Trinajstić information content (AvgIpc) is 2.41. The maximum atomic E-state index is 5.35. The molecule has 1 saturated heterocycles. The van der Waals surface area contributed by atoms with Crippen molar-refractivity contribution in [3.63, 3.8) is 0 Å². The van der Waals surface area contributed by atoms with Crippen molar-refractivity contribution in [3.05, 3.63) is 11.1 Å². The first-order chi connectivity index (χ1) is 9.01. The van der Waals surface area contributed by atoms with Crippen LogP contribution in [0.15, 0.2) is 11.1 Å². The van der Waals surface area contributed by atoms with Crippen LogP contribution in [0.1, 0.15) is 67.7 Å². The molecule has 0 radical (unpaired) electrons. The third-order valence-electron chi connectivity index (χ3n) is 4.10. The Hall–Kier alpha value is -0.340. The van der Waals surface area contributed by atoms with Crippen LogP contribution in [0.25, 0.3) is 0 Å². The lowest BCUT2D eigenvalue weighted by Crippen LogP contribution is -2.30. The minimum atomic E-state index is 0. The minimum Gasteiger partial charge on any atom is -0.382 e. The lowest BCUT2D eigenvalue weighted by molar-refractivity contribution is 0.115. The zero-order valence-electron chi connectivity index (χ0n) is 14.1. The van der Waals surface area contributed by atoms with Crippen LogP contribution in [-0.4, -0.2) is 38.3 Å². The van der Waals surface area contributed by atoms with Crippen molar-refractivity contribution in [2.75, 3.05) is 33.4 Å². The standard InChI is InChI=1S/C10H21NO.C7H14.CH4/c1-3-12-9-6-10-4-7-11(2)8-5-10;1-5-7(4)6(2)3;/h10H,3-9H2,1-2H3;5H2,1-4H3;1H4. The molecule has 0 atom stereocenters. The SMILES string of the molecule is C.CCC(C)=C(C)C.CCOCCC1CCN(C)CC1. The van der Waals surface area contributed by atoms with E-state index in [1.807, 2.05) is 0 Å². The lowest BCUT2D eigenvalue weighted by atomic mass is 9.94. The Morgan fingerprint density at radius 2 is 1.65 bits per heavy atom. The summed E-state index contributed by atoms with van der Waals surface area (Å²) >= 11 is 0. The molecule has 0 amide bonds. The summed E-state index contributed by atoms with van der Waals surface area (Å²) < 4.78 is 5.35. The first-order valence-corrected chi connectivity index (χ1v) is 7.90. The molecule has 0 N–H and O–H groups in total. The molecule has 1 fully saturated rings. The van der Waals surface area contributed by atoms with Gasteiger partial charge in [-0.25, -0.2) is 0 Å². The topological polar surface area (TPSA) is 12.5 Å². The van der Waals surface area contributed by atoms with Crippen LogP contribution in [-0.2, 0) is 4.74 Å². The van der Waals surface area contributed by atoms with Gasteiger partial charge in [0.15, 0.2) is 0 Å². The summed E-state index contributed by atoms with van der Waals surface area (Å²) in [5.41, 5.74) is 2.97. The molecule has 0 aliphatic carbocycles.